The second-order valence-electron chi connectivity index (χ2n) is 10.1. The fourth-order valence-electron chi connectivity index (χ4n) is 6.37. The first-order chi connectivity index (χ1) is 17.3. The number of sulfonamides is 1. The van der Waals surface area contributed by atoms with Crippen LogP contribution < -0.4 is 31.3 Å². The molecular formula is C23H29FN8O3S. The number of nitrogens with two attached hydrogens (primary N) is 1. The number of halogens is 1. The smallest absolute Gasteiger partial charge is 0.240 e. The van der Waals surface area contributed by atoms with Gasteiger partial charge in [-0.2, -0.15) is 4.98 Å². The number of nitrogens with one attached hydrogen (secondary N) is 4. The summed E-state index contributed by atoms with van der Waals surface area (Å²) in [5.74, 6) is -1.50. The van der Waals surface area contributed by atoms with Gasteiger partial charge in [0.2, 0.25) is 21.9 Å². The summed E-state index contributed by atoms with van der Waals surface area (Å²) in [5.41, 5.74) is 6.95. The van der Waals surface area contributed by atoms with Crippen LogP contribution in [0.25, 0.3) is 0 Å². The van der Waals surface area contributed by atoms with Gasteiger partial charge < -0.3 is 26.6 Å². The highest BCUT2D eigenvalue weighted by Gasteiger charge is 2.55. The topological polar surface area (TPSA) is 154 Å². The molecule has 3 heterocycles. The molecule has 1 aromatic carbocycles. The summed E-state index contributed by atoms with van der Waals surface area (Å²) in [6, 6.07) is 4.61. The molecule has 5 atom stereocenters. The number of fused-ring (bicyclic) bond motifs is 5. The molecule has 3 fully saturated rings. The number of carbonyl (C=O) groups is 1. The minimum atomic E-state index is -3.82. The molecule has 2 aliphatic heterocycles. The highest BCUT2D eigenvalue weighted by atomic mass is 32.2. The molecule has 1 saturated heterocycles. The number of primary amides is 1. The van der Waals surface area contributed by atoms with Gasteiger partial charge in [0.15, 0.2) is 11.6 Å². The van der Waals surface area contributed by atoms with E-state index in [0.717, 1.165) is 44.5 Å². The number of piperazine rings is 1. The van der Waals surface area contributed by atoms with Crippen LogP contribution in [0.1, 0.15) is 12.8 Å². The van der Waals surface area contributed by atoms with Gasteiger partial charge >= 0.3 is 0 Å². The Morgan fingerprint density at radius 2 is 1.94 bits per heavy atom. The third-order valence-electron chi connectivity index (χ3n) is 7.99. The zero-order valence-corrected chi connectivity index (χ0v) is 20.4. The molecule has 36 heavy (non-hydrogen) atoms. The molecule has 6 rings (SSSR count). The molecular weight excluding hydrogens is 487 g/mol. The summed E-state index contributed by atoms with van der Waals surface area (Å²) in [4.78, 5) is 22.9. The van der Waals surface area contributed by atoms with Crippen LogP contribution >= 0.6 is 0 Å². The third-order valence-corrected chi connectivity index (χ3v) is 9.40. The highest BCUT2D eigenvalue weighted by Crippen LogP contribution is 2.52. The van der Waals surface area contributed by atoms with Crippen LogP contribution in [-0.4, -0.2) is 63.1 Å². The summed E-state index contributed by atoms with van der Waals surface area (Å²) >= 11 is 0. The van der Waals surface area contributed by atoms with Crippen molar-refractivity contribution in [1.82, 2.24) is 20.0 Å². The first-order valence-corrected chi connectivity index (χ1v) is 13.7. The van der Waals surface area contributed by atoms with Crippen LogP contribution in [0.3, 0.4) is 0 Å². The Morgan fingerprint density at radius 3 is 2.72 bits per heavy atom. The minimum Gasteiger partial charge on any atom is -0.369 e. The van der Waals surface area contributed by atoms with Gasteiger partial charge in [-0.05, 0) is 48.8 Å². The van der Waals surface area contributed by atoms with Crippen molar-refractivity contribution >= 4 is 39.1 Å². The lowest BCUT2D eigenvalue weighted by Gasteiger charge is -2.35. The predicted octanol–water partition coefficient (Wildman–Crippen LogP) is 0.599. The number of amides is 1. The maximum Gasteiger partial charge on any atom is 0.240 e. The van der Waals surface area contributed by atoms with E-state index in [1.54, 1.807) is 6.07 Å². The van der Waals surface area contributed by atoms with Gasteiger partial charge in [-0.25, -0.2) is 22.5 Å². The Kier molecular flexibility index (Phi) is 5.73. The average Bonchev–Trinajstić information content (AvgIpc) is 3.43. The summed E-state index contributed by atoms with van der Waals surface area (Å²) in [7, 11) is -3.82. The molecule has 1 aromatic heterocycles. The number of aromatic nitrogens is 2. The Hall–Kier alpha value is -3.03. The molecule has 0 radical (unpaired) electrons. The molecule has 5 unspecified atom stereocenters. The van der Waals surface area contributed by atoms with Crippen molar-refractivity contribution in [1.29, 1.82) is 0 Å². The molecule has 6 N–H and O–H groups in total. The van der Waals surface area contributed by atoms with Crippen molar-refractivity contribution in [2.75, 3.05) is 48.3 Å². The lowest BCUT2D eigenvalue weighted by Crippen LogP contribution is -2.47. The minimum absolute atomic E-state index is 0.00817. The number of hydrogen-bond acceptors (Lipinski definition) is 9. The van der Waals surface area contributed by atoms with Crippen molar-refractivity contribution in [3.8, 4) is 0 Å². The van der Waals surface area contributed by atoms with E-state index in [9.17, 15) is 17.6 Å². The van der Waals surface area contributed by atoms with Crippen LogP contribution in [0.15, 0.2) is 29.3 Å². The van der Waals surface area contributed by atoms with E-state index in [1.807, 2.05) is 6.07 Å². The summed E-state index contributed by atoms with van der Waals surface area (Å²) in [5, 5.41) is 9.46. The zero-order valence-electron chi connectivity index (χ0n) is 19.6. The second kappa shape index (κ2) is 8.82. The normalized spacial score (nSPS) is 30.7. The van der Waals surface area contributed by atoms with Gasteiger partial charge in [0.1, 0.15) is 0 Å². The van der Waals surface area contributed by atoms with Gasteiger partial charge in [-0.1, -0.05) is 0 Å². The van der Waals surface area contributed by atoms with E-state index in [1.165, 1.54) is 6.07 Å². The van der Waals surface area contributed by atoms with Crippen LogP contribution in [0.2, 0.25) is 0 Å². The van der Waals surface area contributed by atoms with Crippen LogP contribution in [-0.2, 0) is 14.8 Å². The Balaban J connectivity index is 1.43. The van der Waals surface area contributed by atoms with Crippen molar-refractivity contribution in [3.63, 3.8) is 0 Å². The van der Waals surface area contributed by atoms with Crippen LogP contribution in [0.4, 0.5) is 27.5 Å². The quantitative estimate of drug-likeness (QED) is 0.386. The van der Waals surface area contributed by atoms with Gasteiger partial charge in [-0.15, -0.1) is 0 Å². The van der Waals surface area contributed by atoms with Gasteiger partial charge in [0.25, 0.3) is 0 Å². The maximum atomic E-state index is 14.8. The van der Waals surface area contributed by atoms with Crippen LogP contribution in [0, 0.1) is 29.5 Å². The van der Waals surface area contributed by atoms with Crippen molar-refractivity contribution < 1.29 is 17.6 Å². The first kappa shape index (κ1) is 23.4. The lowest BCUT2D eigenvalue weighted by atomic mass is 9.78. The summed E-state index contributed by atoms with van der Waals surface area (Å²) in [6.45, 7) is 3.30. The highest BCUT2D eigenvalue weighted by molar-refractivity contribution is 7.89. The summed E-state index contributed by atoms with van der Waals surface area (Å²) < 4.78 is 44.4. The van der Waals surface area contributed by atoms with E-state index >= 15 is 0 Å². The molecule has 2 aliphatic carbocycles. The summed E-state index contributed by atoms with van der Waals surface area (Å²) in [6.07, 6.45) is 2.47. The molecule has 192 valence electrons. The van der Waals surface area contributed by atoms with Gasteiger partial charge in [-0.3, -0.25) is 4.79 Å². The number of anilines is 4. The largest absolute Gasteiger partial charge is 0.369 e. The van der Waals surface area contributed by atoms with E-state index in [0.29, 0.717) is 12.1 Å². The molecule has 13 heteroatoms. The first-order valence-electron chi connectivity index (χ1n) is 12.2. The van der Waals surface area contributed by atoms with E-state index in [-0.39, 0.29) is 41.0 Å². The SMILES string of the molecule is NC(=O)C1C2CC3CNS(=O)(=O)c4cc(cc(N5CCNCC5)c4)Nc4ncc(F)c(n4)NC1C3C2. The molecule has 6 bridgehead atoms. The Labute approximate surface area is 208 Å². The molecule has 11 nitrogen and oxygen atoms in total. The van der Waals surface area contributed by atoms with Crippen molar-refractivity contribution in [3.05, 3.63) is 30.2 Å². The fraction of sp³-hybridized carbons (Fsp3) is 0.522. The molecule has 4 aliphatic rings. The molecule has 2 aromatic rings. The van der Waals surface area contributed by atoms with Gasteiger partial charge in [0, 0.05) is 50.1 Å². The molecule has 0 spiro atoms. The number of carbonyl (C=O) groups excluding carboxylic acids is 1. The average molecular weight is 517 g/mol. The van der Waals surface area contributed by atoms with Crippen molar-refractivity contribution in [2.45, 2.75) is 23.8 Å². The van der Waals surface area contributed by atoms with E-state index < -0.39 is 33.7 Å². The number of nitrogens with zero attached hydrogens (tertiary/aromatic N) is 3. The van der Waals surface area contributed by atoms with Crippen LogP contribution in [0.5, 0.6) is 0 Å². The predicted molar refractivity (Wildman–Crippen MR) is 132 cm³/mol. The molecule has 2 saturated carbocycles. The zero-order chi connectivity index (χ0) is 25.0. The number of rotatable bonds is 2. The van der Waals surface area contributed by atoms with Gasteiger partial charge in [0.05, 0.1) is 17.0 Å². The number of benzene rings is 1. The van der Waals surface area contributed by atoms with Crippen molar-refractivity contribution in [2.24, 2.45) is 29.4 Å². The fourth-order valence-corrected chi connectivity index (χ4v) is 7.53. The standard InChI is InChI=1S/C23H29FN8O3S/c24-18-11-27-23-29-14-7-15(32-3-1-26-2-4-32)9-16(8-14)36(34,35)28-10-13-5-12-6-17(13)20(19(12)21(25)33)30-22(18)31-23/h7-9,11-13,17,19-20,26,28H,1-6,10H2,(H2,25,33)(H2,27,29,30,31). The Morgan fingerprint density at radius 1 is 1.14 bits per heavy atom. The molecule has 1 amide bonds. The van der Waals surface area contributed by atoms with E-state index in [2.05, 4.69) is 35.5 Å². The lowest BCUT2D eigenvalue weighted by molar-refractivity contribution is -0.123. The number of hydrogen-bond donors (Lipinski definition) is 5. The maximum absolute atomic E-state index is 14.8. The monoisotopic (exact) mass is 516 g/mol. The third kappa shape index (κ3) is 4.14. The van der Waals surface area contributed by atoms with E-state index in [4.69, 9.17) is 5.73 Å². The Bertz CT molecular complexity index is 1300. The second-order valence-corrected chi connectivity index (χ2v) is 11.8.